The van der Waals surface area contributed by atoms with Crippen LogP contribution >= 0.6 is 0 Å². The van der Waals surface area contributed by atoms with Crippen LogP contribution in [-0.2, 0) is 15.6 Å². The van der Waals surface area contributed by atoms with Gasteiger partial charge in [-0.3, -0.25) is 0 Å². The van der Waals surface area contributed by atoms with Gasteiger partial charge < -0.3 is 23.7 Å². The van der Waals surface area contributed by atoms with E-state index in [9.17, 15) is 14.4 Å². The van der Waals surface area contributed by atoms with Gasteiger partial charge in [0.1, 0.15) is 28.8 Å². The van der Waals surface area contributed by atoms with Gasteiger partial charge in [0.25, 0.3) is 0 Å². The Morgan fingerprint density at radius 1 is 0.449 bits per heavy atom. The highest BCUT2D eigenvalue weighted by molar-refractivity contribution is 5.91. The van der Waals surface area contributed by atoms with Gasteiger partial charge >= 0.3 is 12.1 Å². The number of hydrogen-bond acceptors (Lipinski definition) is 7. The molecule has 0 aromatic heterocycles. The van der Waals surface area contributed by atoms with E-state index >= 15 is 0 Å². The molecule has 0 saturated heterocycles. The number of esters is 1. The Kier molecular flexibility index (Phi) is 11.8. The van der Waals surface area contributed by atoms with Gasteiger partial charge in [0.2, 0.25) is 0 Å². The molecule has 0 unspecified atom stereocenters. The third-order valence-corrected chi connectivity index (χ3v) is 8.16. The normalized spacial score (nSPS) is 11.0. The lowest BCUT2D eigenvalue weighted by atomic mass is 9.78. The largest absolute Gasteiger partial charge is 0.519 e. The molecule has 252 valence electrons. The zero-order valence-electron chi connectivity index (χ0n) is 29.0. The molecule has 0 radical (unpaired) electrons. The fourth-order valence-corrected chi connectivity index (χ4v) is 5.11. The first-order valence-electron chi connectivity index (χ1n) is 15.9. The van der Waals surface area contributed by atoms with E-state index in [-0.39, 0.29) is 16.6 Å². The molecule has 0 heterocycles. The van der Waals surface area contributed by atoms with E-state index in [1.54, 1.807) is 67.8 Å². The third-order valence-electron chi connectivity index (χ3n) is 8.16. The molecule has 0 saturated carbocycles. The number of benzene rings is 5. The molecule has 0 amide bonds. The number of carbonyl (C=O) groups is 3. The first-order chi connectivity index (χ1) is 23.3. The van der Waals surface area contributed by atoms with E-state index < -0.39 is 12.1 Å². The van der Waals surface area contributed by atoms with Gasteiger partial charge in [0, 0.05) is 10.8 Å². The van der Waals surface area contributed by atoms with Crippen molar-refractivity contribution in [3.05, 3.63) is 155 Å². The van der Waals surface area contributed by atoms with Gasteiger partial charge in [-0.25, -0.2) is 9.59 Å². The van der Waals surface area contributed by atoms with Gasteiger partial charge in [-0.1, -0.05) is 94.4 Å². The second-order valence-corrected chi connectivity index (χ2v) is 12.7. The molecule has 0 fully saturated rings. The quantitative estimate of drug-likeness (QED) is 0.0885. The second kappa shape index (κ2) is 15.9. The summed E-state index contributed by atoms with van der Waals surface area (Å²) in [5, 5.41) is 0. The molecule has 5 aromatic carbocycles. The molecule has 0 atom stereocenters. The maximum absolute atomic E-state index is 12.6. The van der Waals surface area contributed by atoms with Gasteiger partial charge in [-0.05, 0) is 96.8 Å². The lowest BCUT2D eigenvalue weighted by Crippen LogP contribution is -2.19. The van der Waals surface area contributed by atoms with Crippen LogP contribution in [0.3, 0.4) is 0 Å². The van der Waals surface area contributed by atoms with Crippen molar-refractivity contribution < 1.29 is 33.3 Å². The molecule has 0 spiro atoms. The van der Waals surface area contributed by atoms with E-state index in [2.05, 4.69) is 39.8 Å². The molecule has 7 nitrogen and oxygen atoms in total. The van der Waals surface area contributed by atoms with Crippen molar-refractivity contribution in [1.29, 1.82) is 0 Å². The van der Waals surface area contributed by atoms with Crippen molar-refractivity contribution in [3.63, 3.8) is 0 Å². The molecule has 0 aliphatic heterocycles. The number of rotatable bonds is 9. The summed E-state index contributed by atoms with van der Waals surface area (Å²) < 4.78 is 21.7. The number of hydrogen-bond donors (Lipinski definition) is 0. The second-order valence-electron chi connectivity index (χ2n) is 12.7. The summed E-state index contributed by atoms with van der Waals surface area (Å²) in [6.45, 7) is 11.5. The van der Waals surface area contributed by atoms with E-state index in [0.717, 1.165) is 28.0 Å². The monoisotopic (exact) mass is 658 g/mol. The highest BCUT2D eigenvalue weighted by Crippen LogP contribution is 2.35. The van der Waals surface area contributed by atoms with Crippen LogP contribution in [-0.4, -0.2) is 25.0 Å². The van der Waals surface area contributed by atoms with E-state index in [1.165, 1.54) is 13.8 Å². The number of Topliss-reactive ketones (excluding diaryl/α,β-unsaturated/α-hetero) is 1. The van der Waals surface area contributed by atoms with E-state index in [4.69, 9.17) is 18.9 Å². The first kappa shape index (κ1) is 36.2. The summed E-state index contributed by atoms with van der Waals surface area (Å²) in [4.78, 5) is 34.4. The Morgan fingerprint density at radius 2 is 0.755 bits per heavy atom. The Balaban J connectivity index is 0.00000128. The number of carbonyl (C=O) groups excluding carboxylic acids is 3. The first-order valence-corrected chi connectivity index (χ1v) is 15.9. The summed E-state index contributed by atoms with van der Waals surface area (Å²) >= 11 is 0. The van der Waals surface area contributed by atoms with Crippen LogP contribution in [0.4, 0.5) is 4.79 Å². The van der Waals surface area contributed by atoms with Crippen LogP contribution in [0.2, 0.25) is 0 Å². The van der Waals surface area contributed by atoms with Crippen molar-refractivity contribution in [3.8, 4) is 23.0 Å². The predicted molar refractivity (Wildman–Crippen MR) is 191 cm³/mol. The maximum Gasteiger partial charge on any atom is 0.519 e. The maximum atomic E-state index is 12.6. The number of ketones is 1. The minimum atomic E-state index is -0.815. The van der Waals surface area contributed by atoms with Gasteiger partial charge in [0.05, 0.1) is 12.7 Å². The fourth-order valence-electron chi connectivity index (χ4n) is 5.11. The van der Waals surface area contributed by atoms with Crippen LogP contribution in [0.5, 0.6) is 23.0 Å². The van der Waals surface area contributed by atoms with E-state index in [1.807, 2.05) is 54.6 Å². The molecule has 0 aliphatic rings. The topological polar surface area (TPSA) is 88.1 Å². The smallest absolute Gasteiger partial charge is 0.497 e. The Morgan fingerprint density at radius 3 is 1.08 bits per heavy atom. The Bertz CT molecular complexity index is 1830. The minimum absolute atomic E-state index is 0.167. The van der Waals surface area contributed by atoms with Crippen molar-refractivity contribution in [2.24, 2.45) is 0 Å². The van der Waals surface area contributed by atoms with Crippen LogP contribution in [0.25, 0.3) is 0 Å². The summed E-state index contributed by atoms with van der Waals surface area (Å²) in [5.74, 6) is 1.82. The average molecular weight is 659 g/mol. The zero-order valence-corrected chi connectivity index (χ0v) is 29.0. The van der Waals surface area contributed by atoms with E-state index in [0.29, 0.717) is 22.8 Å². The van der Waals surface area contributed by atoms with Crippen LogP contribution in [0.1, 0.15) is 74.2 Å². The Labute approximate surface area is 288 Å². The standard InChI is InChI=1S/C39H36O6.C3H6O/c1-38(2,28-11-19-32(42-5)20-12-28)30-15-23-34(24-16-30)44-37(41)45-35-25-17-31(18-26-35)39(3,4)29-13-21-33(22-14-29)43-36(40)27-9-7-6-8-10-27;1-3(2)4/h6-26H,1-5H3;1-2H3. The Hall–Kier alpha value is -5.69. The predicted octanol–water partition coefficient (Wildman–Crippen LogP) is 9.74. The van der Waals surface area contributed by atoms with Gasteiger partial charge in [0.15, 0.2) is 0 Å². The lowest BCUT2D eigenvalue weighted by Gasteiger charge is -2.26. The SMILES string of the molecule is CC(C)=O.COc1ccc(C(C)(C)c2ccc(OC(=O)Oc3ccc(C(C)(C)c4ccc(OC(=O)c5ccccc5)cc4)cc3)cc2)cc1. The highest BCUT2D eigenvalue weighted by atomic mass is 16.7. The molecule has 5 rings (SSSR count). The third kappa shape index (κ3) is 9.67. The minimum Gasteiger partial charge on any atom is -0.497 e. The highest BCUT2D eigenvalue weighted by Gasteiger charge is 2.25. The fraction of sp³-hybridized carbons (Fsp3) is 0.214. The van der Waals surface area contributed by atoms with Gasteiger partial charge in [-0.2, -0.15) is 0 Å². The van der Waals surface area contributed by atoms with Crippen molar-refractivity contribution in [2.45, 2.75) is 52.4 Å². The summed E-state index contributed by atoms with van der Waals surface area (Å²) in [7, 11) is 1.65. The number of ether oxygens (including phenoxy) is 4. The molecule has 0 aliphatic carbocycles. The van der Waals surface area contributed by atoms with Crippen molar-refractivity contribution in [1.82, 2.24) is 0 Å². The summed E-state index contributed by atoms with van der Waals surface area (Å²) in [5.41, 5.74) is 4.16. The average Bonchev–Trinajstić information content (AvgIpc) is 3.09. The van der Waals surface area contributed by atoms with Crippen LogP contribution in [0, 0.1) is 0 Å². The molecule has 0 N–H and O–H groups in total. The molecule has 7 heteroatoms. The van der Waals surface area contributed by atoms with Crippen LogP contribution in [0.15, 0.2) is 127 Å². The lowest BCUT2D eigenvalue weighted by molar-refractivity contribution is -0.115. The van der Waals surface area contributed by atoms with Crippen LogP contribution < -0.4 is 18.9 Å². The summed E-state index contributed by atoms with van der Waals surface area (Å²) in [6.07, 6.45) is -0.815. The van der Waals surface area contributed by atoms with Crippen molar-refractivity contribution >= 4 is 17.9 Å². The number of methoxy groups -OCH3 is 1. The van der Waals surface area contributed by atoms with Gasteiger partial charge in [-0.15, -0.1) is 0 Å². The summed E-state index contributed by atoms with van der Waals surface area (Å²) in [6, 6.07) is 39.1. The molecule has 0 bridgehead atoms. The molecule has 5 aromatic rings. The molecular weight excluding hydrogens is 616 g/mol. The zero-order chi connectivity index (χ0) is 35.6. The molecule has 49 heavy (non-hydrogen) atoms. The molecular formula is C42H42O7. The van der Waals surface area contributed by atoms with Crippen molar-refractivity contribution in [2.75, 3.05) is 7.11 Å².